The normalized spacial score (nSPS) is 22.4. The molecule has 1 heterocycles. The van der Waals surface area contributed by atoms with Crippen molar-refractivity contribution in [1.82, 2.24) is 16.0 Å². The molecule has 0 unspecified atom stereocenters. The highest BCUT2D eigenvalue weighted by Gasteiger charge is 2.45. The Morgan fingerprint density at radius 3 is 1.88 bits per heavy atom. The van der Waals surface area contributed by atoms with Crippen LogP contribution in [-0.2, 0) is 42.7 Å². The Kier molecular flexibility index (Phi) is 19.4. The average molecular weight is 612 g/mol. The number of aliphatic hydroxyl groups excluding tert-OH is 3. The predicted molar refractivity (Wildman–Crippen MR) is 146 cm³/mol. The number of amides is 3. The van der Waals surface area contributed by atoms with Crippen LogP contribution in [0.4, 0.5) is 4.79 Å². The molecule has 0 aromatic carbocycles. The fourth-order valence-corrected chi connectivity index (χ4v) is 3.53. The molecule has 0 spiro atoms. The Hall–Kier alpha value is -2.15. The van der Waals surface area contributed by atoms with Gasteiger partial charge < -0.3 is 64.4 Å². The average Bonchev–Trinajstić information content (AvgIpc) is 2.91. The van der Waals surface area contributed by atoms with Crippen LogP contribution >= 0.6 is 0 Å². The molecule has 1 aliphatic rings. The van der Waals surface area contributed by atoms with E-state index in [1.165, 1.54) is 6.92 Å². The van der Waals surface area contributed by atoms with E-state index in [0.29, 0.717) is 52.8 Å². The molecule has 1 rings (SSSR count). The summed E-state index contributed by atoms with van der Waals surface area (Å²) in [4.78, 5) is 34.9. The third-order valence-electron chi connectivity index (χ3n) is 5.46. The van der Waals surface area contributed by atoms with Gasteiger partial charge in [0.25, 0.3) is 0 Å². The Labute approximate surface area is 246 Å². The first-order valence-corrected chi connectivity index (χ1v) is 14.0. The molecule has 0 aromatic rings. The van der Waals surface area contributed by atoms with Gasteiger partial charge in [0.1, 0.15) is 30.0 Å². The molecular weight excluding hydrogens is 562 g/mol. The lowest BCUT2D eigenvalue weighted by Crippen LogP contribution is -2.64. The fraction of sp³-hybridized carbons (Fsp3) is 0.885. The number of ether oxygens (including phenoxy) is 7. The van der Waals surface area contributed by atoms with Gasteiger partial charge in [-0.05, 0) is 20.8 Å². The number of aliphatic hydroxyl groups is 3. The maximum Gasteiger partial charge on any atom is 0.407 e. The summed E-state index contributed by atoms with van der Waals surface area (Å²) in [6.45, 7) is 9.31. The summed E-state index contributed by atoms with van der Waals surface area (Å²) in [5.74, 6) is -0.717. The van der Waals surface area contributed by atoms with Gasteiger partial charge in [-0.2, -0.15) is 0 Å². The molecule has 1 aliphatic heterocycles. The highest BCUT2D eigenvalue weighted by atomic mass is 16.7. The predicted octanol–water partition coefficient (Wildman–Crippen LogP) is -1.96. The third kappa shape index (κ3) is 17.7. The lowest BCUT2D eigenvalue weighted by Gasteiger charge is -2.42. The van der Waals surface area contributed by atoms with Gasteiger partial charge in [0, 0.05) is 26.4 Å². The number of rotatable bonds is 21. The molecule has 0 radical (unpaired) electrons. The lowest BCUT2D eigenvalue weighted by atomic mass is 9.97. The summed E-state index contributed by atoms with van der Waals surface area (Å²) in [7, 11) is 0. The van der Waals surface area contributed by atoms with Crippen molar-refractivity contribution in [2.75, 3.05) is 79.2 Å². The highest BCUT2D eigenvalue weighted by molar-refractivity contribution is 5.75. The Morgan fingerprint density at radius 1 is 0.786 bits per heavy atom. The second-order valence-electron chi connectivity index (χ2n) is 10.3. The van der Waals surface area contributed by atoms with Crippen LogP contribution in [0.5, 0.6) is 0 Å². The van der Waals surface area contributed by atoms with E-state index in [1.807, 2.05) is 0 Å². The van der Waals surface area contributed by atoms with E-state index >= 15 is 0 Å². The van der Waals surface area contributed by atoms with Gasteiger partial charge in [-0.3, -0.25) is 9.59 Å². The molecule has 1 saturated heterocycles. The zero-order valence-corrected chi connectivity index (χ0v) is 25.0. The van der Waals surface area contributed by atoms with Crippen molar-refractivity contribution in [2.24, 2.45) is 0 Å². The van der Waals surface area contributed by atoms with Crippen LogP contribution in [0.25, 0.3) is 0 Å². The fourth-order valence-electron chi connectivity index (χ4n) is 3.53. The molecule has 6 N–H and O–H groups in total. The number of alkyl carbamates (subject to hydrolysis) is 1. The topological polar surface area (TPSA) is 213 Å². The zero-order chi connectivity index (χ0) is 31.4. The quantitative estimate of drug-likeness (QED) is 0.0780. The van der Waals surface area contributed by atoms with Crippen molar-refractivity contribution < 1.29 is 62.9 Å². The molecule has 5 atom stereocenters. The van der Waals surface area contributed by atoms with Crippen LogP contribution in [0.3, 0.4) is 0 Å². The Bertz CT molecular complexity index is 768. The molecule has 0 bridgehead atoms. The highest BCUT2D eigenvalue weighted by Crippen LogP contribution is 2.22. The SMILES string of the molecule is CC(=O)N[C@H]1[C@H](OCCNC(=O)CCOCCOCCOCCOCCNC(=O)OC(C)(C)C)O[C@H](CO)[C@@H](O)[C@@H]1O. The summed E-state index contributed by atoms with van der Waals surface area (Å²) in [6.07, 6.45) is -5.36. The zero-order valence-electron chi connectivity index (χ0n) is 25.0. The summed E-state index contributed by atoms with van der Waals surface area (Å²) in [5, 5.41) is 37.3. The van der Waals surface area contributed by atoms with Gasteiger partial charge in [0.15, 0.2) is 6.29 Å². The van der Waals surface area contributed by atoms with Gasteiger partial charge in [0.2, 0.25) is 11.8 Å². The first-order chi connectivity index (χ1) is 19.9. The number of hydrogen-bond acceptors (Lipinski definition) is 13. The van der Waals surface area contributed by atoms with E-state index in [0.717, 1.165) is 0 Å². The summed E-state index contributed by atoms with van der Waals surface area (Å²) < 4.78 is 37.6. The van der Waals surface area contributed by atoms with E-state index in [9.17, 15) is 29.7 Å². The Balaban J connectivity index is 1.97. The van der Waals surface area contributed by atoms with Crippen LogP contribution in [0, 0.1) is 0 Å². The summed E-state index contributed by atoms with van der Waals surface area (Å²) in [6, 6.07) is -1.04. The van der Waals surface area contributed by atoms with Crippen molar-refractivity contribution >= 4 is 17.9 Å². The van der Waals surface area contributed by atoms with Crippen molar-refractivity contribution in [3.63, 3.8) is 0 Å². The molecule has 0 aliphatic carbocycles. The molecule has 246 valence electrons. The molecule has 0 aromatic heterocycles. The Morgan fingerprint density at radius 2 is 1.33 bits per heavy atom. The minimum Gasteiger partial charge on any atom is -0.444 e. The van der Waals surface area contributed by atoms with Crippen LogP contribution in [0.15, 0.2) is 0 Å². The minimum absolute atomic E-state index is 0.00164. The van der Waals surface area contributed by atoms with E-state index in [4.69, 9.17) is 33.2 Å². The van der Waals surface area contributed by atoms with E-state index in [-0.39, 0.29) is 32.1 Å². The van der Waals surface area contributed by atoms with Crippen molar-refractivity contribution in [3.8, 4) is 0 Å². The standard InChI is InChI=1S/C26H49N3O13/c1-18(31)29-21-23(34)22(33)19(17-30)41-24(21)40-10-7-27-20(32)5-8-36-11-13-38-15-16-39-14-12-37-9-6-28-25(35)42-26(2,3)4/h19,21-24,30,33-34H,5-17H2,1-4H3,(H,27,32)(H,28,35)(H,29,31)/t19-,21-,22-,23-,24-/m1/s1. The number of hydrogen-bond donors (Lipinski definition) is 6. The van der Waals surface area contributed by atoms with Crippen LogP contribution < -0.4 is 16.0 Å². The minimum atomic E-state index is -1.40. The molecule has 16 nitrogen and oxygen atoms in total. The van der Waals surface area contributed by atoms with Crippen LogP contribution in [0.1, 0.15) is 34.1 Å². The van der Waals surface area contributed by atoms with Crippen molar-refractivity contribution in [1.29, 1.82) is 0 Å². The van der Waals surface area contributed by atoms with Crippen LogP contribution in [0.2, 0.25) is 0 Å². The van der Waals surface area contributed by atoms with Gasteiger partial charge in [-0.15, -0.1) is 0 Å². The van der Waals surface area contributed by atoms with Gasteiger partial charge in [-0.25, -0.2) is 4.79 Å². The summed E-state index contributed by atoms with van der Waals surface area (Å²) >= 11 is 0. The molecule has 3 amide bonds. The third-order valence-corrected chi connectivity index (χ3v) is 5.46. The smallest absolute Gasteiger partial charge is 0.407 e. The number of carbonyl (C=O) groups excluding carboxylic acids is 3. The molecule has 42 heavy (non-hydrogen) atoms. The second-order valence-corrected chi connectivity index (χ2v) is 10.3. The maximum absolute atomic E-state index is 12.0. The molecular formula is C26H49N3O13. The van der Waals surface area contributed by atoms with Crippen LogP contribution in [-0.4, -0.2) is 149 Å². The van der Waals surface area contributed by atoms with E-state index in [2.05, 4.69) is 16.0 Å². The van der Waals surface area contributed by atoms with E-state index < -0.39 is 54.9 Å². The van der Waals surface area contributed by atoms with Crippen molar-refractivity contribution in [2.45, 2.75) is 70.4 Å². The van der Waals surface area contributed by atoms with Crippen molar-refractivity contribution in [3.05, 3.63) is 0 Å². The van der Waals surface area contributed by atoms with Gasteiger partial charge in [-0.1, -0.05) is 0 Å². The molecule has 1 fully saturated rings. The number of nitrogens with one attached hydrogen (secondary N) is 3. The monoisotopic (exact) mass is 611 g/mol. The first kappa shape index (κ1) is 37.9. The van der Waals surface area contributed by atoms with E-state index in [1.54, 1.807) is 20.8 Å². The largest absolute Gasteiger partial charge is 0.444 e. The van der Waals surface area contributed by atoms with Gasteiger partial charge >= 0.3 is 6.09 Å². The first-order valence-electron chi connectivity index (χ1n) is 14.0. The molecule has 0 saturated carbocycles. The summed E-state index contributed by atoms with van der Waals surface area (Å²) in [5.41, 5.74) is -0.539. The second kappa shape index (κ2) is 21.5. The molecule has 16 heteroatoms. The maximum atomic E-state index is 12.0. The number of carbonyl (C=O) groups is 3. The van der Waals surface area contributed by atoms with Gasteiger partial charge in [0.05, 0.1) is 66.1 Å². The lowest BCUT2D eigenvalue weighted by molar-refractivity contribution is -0.269.